The average molecular weight is 317 g/mol. The monoisotopic (exact) mass is 317 g/mol. The molecule has 0 bridgehead atoms. The molecule has 120 valence electrons. The van der Waals surface area contributed by atoms with E-state index in [1.807, 2.05) is 0 Å². The molecule has 1 aromatic carbocycles. The Hall–Kier alpha value is -2.96. The molecule has 0 aliphatic carbocycles. The third kappa shape index (κ3) is 3.63. The third-order valence-corrected chi connectivity index (χ3v) is 3.26. The van der Waals surface area contributed by atoms with Gasteiger partial charge < -0.3 is 5.11 Å². The molecule has 1 heterocycles. The second kappa shape index (κ2) is 6.87. The number of aromatic hydroxyl groups is 1. The molecule has 1 aromatic heterocycles. The van der Waals surface area contributed by atoms with Gasteiger partial charge in [0.15, 0.2) is 0 Å². The number of H-pyrrole nitrogens is 1. The first-order chi connectivity index (χ1) is 10.9. The van der Waals surface area contributed by atoms with Crippen molar-refractivity contribution in [3.05, 3.63) is 74.7 Å². The predicted octanol–water partition coefficient (Wildman–Crippen LogP) is 1.58. The van der Waals surface area contributed by atoms with E-state index >= 15 is 0 Å². The predicted molar refractivity (Wildman–Crippen MR) is 85.5 cm³/mol. The first kappa shape index (κ1) is 16.4. The summed E-state index contributed by atoms with van der Waals surface area (Å²) >= 11 is 0. The number of hydrogen-bond donors (Lipinski definition) is 2. The minimum atomic E-state index is -0.720. The zero-order valence-electron chi connectivity index (χ0n) is 12.5. The van der Waals surface area contributed by atoms with E-state index in [-0.39, 0.29) is 30.2 Å². The topological polar surface area (TPSA) is 87.4 Å². The Kier molecular flexibility index (Phi) is 4.90. The molecule has 6 nitrogen and oxygen atoms in total. The zero-order chi connectivity index (χ0) is 17.0. The van der Waals surface area contributed by atoms with E-state index in [2.05, 4.69) is 16.6 Å². The number of aliphatic imine (C=N–C) groups is 1. The number of benzene rings is 1. The molecular formula is C16H16FN3O3. The number of halogens is 1. The van der Waals surface area contributed by atoms with Gasteiger partial charge in [0.1, 0.15) is 11.4 Å². The highest BCUT2D eigenvalue weighted by molar-refractivity contribution is 6.00. The first-order valence-electron chi connectivity index (χ1n) is 6.87. The van der Waals surface area contributed by atoms with E-state index in [9.17, 15) is 19.1 Å². The molecule has 0 aliphatic heterocycles. The second-order valence-corrected chi connectivity index (χ2v) is 4.89. The molecule has 2 aromatic rings. The highest BCUT2D eigenvalue weighted by atomic mass is 19.1. The fourth-order valence-electron chi connectivity index (χ4n) is 2.06. The number of nitrogens with one attached hydrogen (secondary N) is 1. The second-order valence-electron chi connectivity index (χ2n) is 4.89. The number of aromatic amines is 1. The van der Waals surface area contributed by atoms with Crippen LogP contribution in [0.5, 0.6) is 5.88 Å². The van der Waals surface area contributed by atoms with Crippen LogP contribution in [-0.2, 0) is 13.1 Å². The zero-order valence-corrected chi connectivity index (χ0v) is 12.5. The SMILES string of the molecule is C=CCn1c(O)c(C(C)=NCc2ccc(F)cc2)c(=O)[nH]c1=O. The highest BCUT2D eigenvalue weighted by Gasteiger charge is 2.15. The summed E-state index contributed by atoms with van der Waals surface area (Å²) in [6.07, 6.45) is 1.42. The maximum atomic E-state index is 12.9. The molecule has 0 atom stereocenters. The summed E-state index contributed by atoms with van der Waals surface area (Å²) in [4.78, 5) is 29.9. The molecule has 0 aliphatic rings. The van der Waals surface area contributed by atoms with Crippen LogP contribution >= 0.6 is 0 Å². The van der Waals surface area contributed by atoms with E-state index in [0.717, 1.165) is 10.1 Å². The van der Waals surface area contributed by atoms with Crippen molar-refractivity contribution >= 4 is 5.71 Å². The van der Waals surface area contributed by atoms with Crippen molar-refractivity contribution in [1.29, 1.82) is 0 Å². The van der Waals surface area contributed by atoms with Crippen LogP contribution in [0.15, 0.2) is 51.5 Å². The van der Waals surface area contributed by atoms with Gasteiger partial charge in [-0.1, -0.05) is 18.2 Å². The molecule has 23 heavy (non-hydrogen) atoms. The van der Waals surface area contributed by atoms with E-state index < -0.39 is 17.1 Å². The normalized spacial score (nSPS) is 11.5. The van der Waals surface area contributed by atoms with Crippen molar-refractivity contribution in [2.75, 3.05) is 0 Å². The minimum Gasteiger partial charge on any atom is -0.494 e. The number of nitrogens with zero attached hydrogens (tertiary/aromatic N) is 2. The molecule has 0 amide bonds. The van der Waals surface area contributed by atoms with Crippen molar-refractivity contribution in [2.24, 2.45) is 4.99 Å². The van der Waals surface area contributed by atoms with Crippen molar-refractivity contribution in [2.45, 2.75) is 20.0 Å². The lowest BCUT2D eigenvalue weighted by molar-refractivity contribution is 0.409. The van der Waals surface area contributed by atoms with Gasteiger partial charge in [-0.25, -0.2) is 9.18 Å². The molecule has 0 saturated heterocycles. The Morgan fingerprint density at radius 2 is 2.04 bits per heavy atom. The molecule has 2 rings (SSSR count). The lowest BCUT2D eigenvalue weighted by atomic mass is 10.2. The van der Waals surface area contributed by atoms with Crippen LogP contribution < -0.4 is 11.2 Å². The summed E-state index contributed by atoms with van der Waals surface area (Å²) in [5.41, 5.74) is -0.490. The van der Waals surface area contributed by atoms with E-state index in [4.69, 9.17) is 0 Å². The summed E-state index contributed by atoms with van der Waals surface area (Å²) in [6.45, 7) is 5.32. The lowest BCUT2D eigenvalue weighted by Crippen LogP contribution is -2.33. The van der Waals surface area contributed by atoms with Gasteiger partial charge in [0.05, 0.1) is 12.3 Å². The van der Waals surface area contributed by atoms with Crippen molar-refractivity contribution < 1.29 is 9.50 Å². The smallest absolute Gasteiger partial charge is 0.331 e. The van der Waals surface area contributed by atoms with Crippen LogP contribution in [0, 0.1) is 5.82 Å². The molecule has 0 spiro atoms. The Labute approximate surface area is 131 Å². The van der Waals surface area contributed by atoms with Gasteiger partial charge in [-0.2, -0.15) is 0 Å². The number of aromatic nitrogens is 2. The molecule has 2 N–H and O–H groups in total. The van der Waals surface area contributed by atoms with Gasteiger partial charge in [-0.05, 0) is 24.6 Å². The molecule has 0 fully saturated rings. The number of hydrogen-bond acceptors (Lipinski definition) is 4. The summed E-state index contributed by atoms with van der Waals surface area (Å²) in [6, 6.07) is 5.78. The summed E-state index contributed by atoms with van der Waals surface area (Å²) < 4.78 is 13.8. The van der Waals surface area contributed by atoms with Crippen LogP contribution in [0.1, 0.15) is 18.1 Å². The maximum absolute atomic E-state index is 12.9. The largest absolute Gasteiger partial charge is 0.494 e. The first-order valence-corrected chi connectivity index (χ1v) is 6.87. The molecule has 0 radical (unpaired) electrons. The van der Waals surface area contributed by atoms with E-state index in [1.165, 1.54) is 18.2 Å². The summed E-state index contributed by atoms with van der Waals surface area (Å²) in [5.74, 6) is -0.806. The van der Waals surface area contributed by atoms with Crippen LogP contribution in [0.3, 0.4) is 0 Å². The number of rotatable bonds is 5. The van der Waals surface area contributed by atoms with Crippen molar-refractivity contribution in [3.63, 3.8) is 0 Å². The molecular weight excluding hydrogens is 301 g/mol. The standard InChI is InChI=1S/C16H16FN3O3/c1-3-8-20-15(22)13(14(21)19-16(20)23)10(2)18-9-11-4-6-12(17)7-5-11/h3-7,22H,1,8-9H2,2H3,(H,19,21,23). The van der Waals surface area contributed by atoms with Gasteiger partial charge in [0.2, 0.25) is 5.88 Å². The summed E-state index contributed by atoms with van der Waals surface area (Å²) in [5, 5.41) is 10.2. The Bertz CT molecular complexity index is 864. The Morgan fingerprint density at radius 3 is 2.65 bits per heavy atom. The van der Waals surface area contributed by atoms with Gasteiger partial charge in [0.25, 0.3) is 5.56 Å². The molecule has 0 unspecified atom stereocenters. The van der Waals surface area contributed by atoms with Crippen molar-refractivity contribution in [3.8, 4) is 5.88 Å². The fourth-order valence-corrected chi connectivity index (χ4v) is 2.06. The van der Waals surface area contributed by atoms with Gasteiger partial charge in [-0.15, -0.1) is 6.58 Å². The van der Waals surface area contributed by atoms with Crippen LogP contribution in [0.25, 0.3) is 0 Å². The van der Waals surface area contributed by atoms with Crippen LogP contribution in [0.4, 0.5) is 4.39 Å². The summed E-state index contributed by atoms with van der Waals surface area (Å²) in [7, 11) is 0. The van der Waals surface area contributed by atoms with Gasteiger partial charge in [-0.3, -0.25) is 19.3 Å². The van der Waals surface area contributed by atoms with Crippen molar-refractivity contribution in [1.82, 2.24) is 9.55 Å². The van der Waals surface area contributed by atoms with Gasteiger partial charge >= 0.3 is 5.69 Å². The Balaban J connectivity index is 2.40. The molecule has 0 saturated carbocycles. The quantitative estimate of drug-likeness (QED) is 0.648. The van der Waals surface area contributed by atoms with Crippen LogP contribution in [-0.4, -0.2) is 20.4 Å². The third-order valence-electron chi connectivity index (χ3n) is 3.26. The fraction of sp³-hybridized carbons (Fsp3) is 0.188. The minimum absolute atomic E-state index is 0.0552. The number of allylic oxidation sites excluding steroid dienone is 1. The maximum Gasteiger partial charge on any atom is 0.331 e. The highest BCUT2D eigenvalue weighted by Crippen LogP contribution is 2.12. The van der Waals surface area contributed by atoms with E-state index in [0.29, 0.717) is 0 Å². The lowest BCUT2D eigenvalue weighted by Gasteiger charge is -2.09. The van der Waals surface area contributed by atoms with Crippen LogP contribution in [0.2, 0.25) is 0 Å². The Morgan fingerprint density at radius 1 is 1.39 bits per heavy atom. The molecule has 7 heteroatoms. The van der Waals surface area contributed by atoms with Gasteiger partial charge in [0, 0.05) is 6.54 Å². The average Bonchev–Trinajstić information content (AvgIpc) is 2.50. The van der Waals surface area contributed by atoms with E-state index in [1.54, 1.807) is 19.1 Å².